The fourth-order valence-electron chi connectivity index (χ4n) is 2.37. The van der Waals surface area contributed by atoms with E-state index in [4.69, 9.17) is 0 Å². The van der Waals surface area contributed by atoms with Gasteiger partial charge in [-0.1, -0.05) is 6.07 Å². The van der Waals surface area contributed by atoms with Gasteiger partial charge in [-0.05, 0) is 6.07 Å². The lowest BCUT2D eigenvalue weighted by Gasteiger charge is -2.33. The van der Waals surface area contributed by atoms with Gasteiger partial charge in [0.25, 0.3) is 0 Å². The zero-order valence-corrected chi connectivity index (χ0v) is 9.41. The zero-order chi connectivity index (χ0) is 11.7. The molecule has 1 aliphatic heterocycles. The van der Waals surface area contributed by atoms with Crippen LogP contribution in [-0.2, 0) is 4.79 Å². The first-order chi connectivity index (χ1) is 8.40. The molecule has 17 heavy (non-hydrogen) atoms. The summed E-state index contributed by atoms with van der Waals surface area (Å²) in [5.41, 5.74) is 2.02. The number of amides is 1. The van der Waals surface area contributed by atoms with Crippen LogP contribution in [0.5, 0.6) is 0 Å². The molecular formula is C12H14N4O. The first-order valence-electron chi connectivity index (χ1n) is 5.73. The molecule has 3 heterocycles. The SMILES string of the molecule is O=CN1CCNCC1c1cccn2ccnc12. The first-order valence-corrected chi connectivity index (χ1v) is 5.73. The summed E-state index contributed by atoms with van der Waals surface area (Å²) in [6.45, 7) is 2.38. The van der Waals surface area contributed by atoms with Gasteiger partial charge in [0.1, 0.15) is 5.65 Å². The van der Waals surface area contributed by atoms with E-state index in [9.17, 15) is 4.79 Å². The summed E-state index contributed by atoms with van der Waals surface area (Å²) in [5.74, 6) is 0. The van der Waals surface area contributed by atoms with Gasteiger partial charge in [0.15, 0.2) is 0 Å². The Labute approximate surface area is 99.1 Å². The summed E-state index contributed by atoms with van der Waals surface area (Å²) in [6.07, 6.45) is 6.59. The Kier molecular flexibility index (Phi) is 2.53. The van der Waals surface area contributed by atoms with Gasteiger partial charge in [0.2, 0.25) is 6.41 Å². The number of carbonyl (C=O) groups is 1. The molecule has 1 atom stereocenters. The van der Waals surface area contributed by atoms with Crippen LogP contribution in [0.25, 0.3) is 5.65 Å². The Morgan fingerprint density at radius 1 is 1.47 bits per heavy atom. The van der Waals surface area contributed by atoms with Crippen molar-refractivity contribution in [3.63, 3.8) is 0 Å². The predicted molar refractivity (Wildman–Crippen MR) is 63.6 cm³/mol. The molecule has 0 aliphatic carbocycles. The molecule has 1 saturated heterocycles. The highest BCUT2D eigenvalue weighted by Crippen LogP contribution is 2.23. The number of hydrogen-bond donors (Lipinski definition) is 1. The number of imidazole rings is 1. The number of hydrogen-bond acceptors (Lipinski definition) is 3. The molecule has 2 aromatic rings. The highest BCUT2D eigenvalue weighted by Gasteiger charge is 2.24. The Morgan fingerprint density at radius 3 is 3.29 bits per heavy atom. The molecule has 5 heteroatoms. The Bertz CT molecular complexity index is 536. The van der Waals surface area contributed by atoms with Crippen LogP contribution in [0.3, 0.4) is 0 Å². The fourth-order valence-corrected chi connectivity index (χ4v) is 2.37. The molecule has 0 radical (unpaired) electrons. The minimum absolute atomic E-state index is 0.0762. The van der Waals surface area contributed by atoms with Crippen molar-refractivity contribution in [1.29, 1.82) is 0 Å². The van der Waals surface area contributed by atoms with E-state index in [0.717, 1.165) is 37.3 Å². The molecule has 1 aliphatic rings. The maximum Gasteiger partial charge on any atom is 0.210 e. The van der Waals surface area contributed by atoms with Gasteiger partial charge in [-0.25, -0.2) is 4.98 Å². The molecule has 88 valence electrons. The molecule has 2 aromatic heterocycles. The number of aromatic nitrogens is 2. The maximum atomic E-state index is 11.1. The third-order valence-electron chi connectivity index (χ3n) is 3.23. The molecule has 0 spiro atoms. The monoisotopic (exact) mass is 230 g/mol. The summed E-state index contributed by atoms with van der Waals surface area (Å²) in [4.78, 5) is 17.3. The maximum absolute atomic E-state index is 11.1. The average Bonchev–Trinajstić information content (AvgIpc) is 2.86. The van der Waals surface area contributed by atoms with Gasteiger partial charge < -0.3 is 14.6 Å². The second-order valence-electron chi connectivity index (χ2n) is 4.18. The van der Waals surface area contributed by atoms with E-state index < -0.39 is 0 Å². The van der Waals surface area contributed by atoms with Crippen molar-refractivity contribution in [3.8, 4) is 0 Å². The summed E-state index contributed by atoms with van der Waals surface area (Å²) in [6, 6.07) is 4.10. The van der Waals surface area contributed by atoms with Crippen LogP contribution in [0.2, 0.25) is 0 Å². The molecule has 0 saturated carbocycles. The number of rotatable bonds is 2. The third kappa shape index (κ3) is 1.68. The average molecular weight is 230 g/mol. The van der Waals surface area contributed by atoms with Crippen LogP contribution in [0.4, 0.5) is 0 Å². The van der Waals surface area contributed by atoms with Crippen molar-refractivity contribution in [1.82, 2.24) is 19.6 Å². The van der Waals surface area contributed by atoms with E-state index in [2.05, 4.69) is 10.3 Å². The van der Waals surface area contributed by atoms with Crippen molar-refractivity contribution in [3.05, 3.63) is 36.3 Å². The van der Waals surface area contributed by atoms with Gasteiger partial charge in [-0.3, -0.25) is 4.79 Å². The van der Waals surface area contributed by atoms with Crippen LogP contribution in [-0.4, -0.2) is 40.3 Å². The molecule has 0 aromatic carbocycles. The second-order valence-corrected chi connectivity index (χ2v) is 4.18. The number of nitrogens with one attached hydrogen (secondary N) is 1. The summed E-state index contributed by atoms with van der Waals surface area (Å²) in [5, 5.41) is 3.32. The minimum atomic E-state index is 0.0762. The van der Waals surface area contributed by atoms with Crippen molar-refractivity contribution in [2.75, 3.05) is 19.6 Å². The van der Waals surface area contributed by atoms with E-state index in [1.165, 1.54) is 0 Å². The van der Waals surface area contributed by atoms with Crippen molar-refractivity contribution >= 4 is 12.1 Å². The quantitative estimate of drug-likeness (QED) is 0.761. The Hall–Kier alpha value is -1.88. The number of nitrogens with zero attached hydrogens (tertiary/aromatic N) is 3. The second kappa shape index (κ2) is 4.18. The highest BCUT2D eigenvalue weighted by molar-refractivity contribution is 5.55. The van der Waals surface area contributed by atoms with E-state index in [1.807, 2.05) is 33.8 Å². The van der Waals surface area contributed by atoms with Gasteiger partial charge in [0.05, 0.1) is 6.04 Å². The standard InChI is InChI=1S/C12H14N4O/c17-9-16-6-3-13-8-11(16)10-2-1-5-15-7-4-14-12(10)15/h1-2,4-5,7,9,11,13H,3,6,8H2. The van der Waals surface area contributed by atoms with E-state index in [-0.39, 0.29) is 6.04 Å². The van der Waals surface area contributed by atoms with E-state index >= 15 is 0 Å². The lowest BCUT2D eigenvalue weighted by atomic mass is 10.1. The van der Waals surface area contributed by atoms with Crippen LogP contribution in [0.1, 0.15) is 11.6 Å². The van der Waals surface area contributed by atoms with E-state index in [0.29, 0.717) is 0 Å². The molecule has 1 unspecified atom stereocenters. The summed E-state index contributed by atoms with van der Waals surface area (Å²) < 4.78 is 1.98. The van der Waals surface area contributed by atoms with Gasteiger partial charge >= 0.3 is 0 Å². The molecule has 1 fully saturated rings. The van der Waals surface area contributed by atoms with Crippen LogP contribution < -0.4 is 5.32 Å². The first kappa shape index (κ1) is 10.3. The van der Waals surface area contributed by atoms with Crippen LogP contribution >= 0.6 is 0 Å². The predicted octanol–water partition coefficient (Wildman–Crippen LogP) is 0.437. The number of carbonyl (C=O) groups excluding carboxylic acids is 1. The third-order valence-corrected chi connectivity index (χ3v) is 3.23. The van der Waals surface area contributed by atoms with Crippen molar-refractivity contribution in [2.45, 2.75) is 6.04 Å². The molecule has 1 amide bonds. The lowest BCUT2D eigenvalue weighted by Crippen LogP contribution is -2.45. The topological polar surface area (TPSA) is 49.6 Å². The normalized spacial score (nSPS) is 20.7. The fraction of sp³-hybridized carbons (Fsp3) is 0.333. The van der Waals surface area contributed by atoms with E-state index in [1.54, 1.807) is 6.20 Å². The smallest absolute Gasteiger partial charge is 0.210 e. The number of pyridine rings is 1. The molecule has 0 bridgehead atoms. The largest absolute Gasteiger partial charge is 0.336 e. The van der Waals surface area contributed by atoms with Crippen molar-refractivity contribution < 1.29 is 4.79 Å². The highest BCUT2D eigenvalue weighted by atomic mass is 16.1. The van der Waals surface area contributed by atoms with Gasteiger partial charge in [-0.2, -0.15) is 0 Å². The summed E-state index contributed by atoms with van der Waals surface area (Å²) in [7, 11) is 0. The Morgan fingerprint density at radius 2 is 2.41 bits per heavy atom. The zero-order valence-electron chi connectivity index (χ0n) is 9.41. The minimum Gasteiger partial charge on any atom is -0.336 e. The Balaban J connectivity index is 2.07. The van der Waals surface area contributed by atoms with Crippen molar-refractivity contribution in [2.24, 2.45) is 0 Å². The molecule has 5 nitrogen and oxygen atoms in total. The molecule has 1 N–H and O–H groups in total. The van der Waals surface area contributed by atoms with Gasteiger partial charge in [-0.15, -0.1) is 0 Å². The molecule has 3 rings (SSSR count). The molecular weight excluding hydrogens is 216 g/mol. The van der Waals surface area contributed by atoms with Crippen LogP contribution in [0, 0.1) is 0 Å². The lowest BCUT2D eigenvalue weighted by molar-refractivity contribution is -0.121. The van der Waals surface area contributed by atoms with Crippen LogP contribution in [0.15, 0.2) is 30.7 Å². The number of piperazine rings is 1. The van der Waals surface area contributed by atoms with Gasteiger partial charge in [0, 0.05) is 43.8 Å². The number of fused-ring (bicyclic) bond motifs is 1. The summed E-state index contributed by atoms with van der Waals surface area (Å²) >= 11 is 0.